The van der Waals surface area contributed by atoms with Crippen LogP contribution < -0.4 is 20.9 Å². The molecule has 0 aromatic heterocycles. The average molecular weight is 386 g/mol. The normalized spacial score (nSPS) is 11.4. The number of carbonyl (C=O) groups is 2. The molecule has 3 N–H and O–H groups in total. The van der Waals surface area contributed by atoms with Crippen molar-refractivity contribution in [3.63, 3.8) is 0 Å². The Labute approximate surface area is 145 Å². The van der Waals surface area contributed by atoms with Crippen LogP contribution in [-0.4, -0.2) is 24.6 Å². The van der Waals surface area contributed by atoms with Gasteiger partial charge in [-0.1, -0.05) is 42.1 Å². The van der Waals surface area contributed by atoms with E-state index >= 15 is 0 Å². The zero-order valence-corrected chi connectivity index (χ0v) is 15.1. The van der Waals surface area contributed by atoms with Gasteiger partial charge in [-0.25, -0.2) is 10.2 Å². The number of rotatable bonds is 8. The van der Waals surface area contributed by atoms with Crippen molar-refractivity contribution in [2.45, 2.75) is 45.6 Å². The molecule has 0 aliphatic rings. The summed E-state index contributed by atoms with van der Waals surface area (Å²) in [5.41, 5.74) is 4.61. The second kappa shape index (κ2) is 10.9. The maximum atomic E-state index is 11.6. The fraction of sp³-hybridized carbons (Fsp3) is 0.500. The van der Waals surface area contributed by atoms with E-state index in [4.69, 9.17) is 4.74 Å². The summed E-state index contributed by atoms with van der Waals surface area (Å²) in [4.78, 5) is 23.2. The molecule has 1 unspecified atom stereocenters. The minimum absolute atomic E-state index is 0.0671. The number of amides is 3. The lowest BCUT2D eigenvalue weighted by Crippen LogP contribution is -2.50. The highest BCUT2D eigenvalue weighted by Gasteiger charge is 2.08. The Morgan fingerprint density at radius 3 is 2.52 bits per heavy atom. The first-order chi connectivity index (χ1) is 11.0. The monoisotopic (exact) mass is 385 g/mol. The van der Waals surface area contributed by atoms with Crippen LogP contribution in [0.25, 0.3) is 0 Å². The molecule has 0 fully saturated rings. The molecule has 1 rings (SSSR count). The number of halogens is 1. The molecule has 0 bridgehead atoms. The van der Waals surface area contributed by atoms with Gasteiger partial charge in [0.05, 0.1) is 0 Å². The van der Waals surface area contributed by atoms with Gasteiger partial charge in [-0.05, 0) is 37.6 Å². The maximum Gasteiger partial charge on any atom is 0.333 e. The van der Waals surface area contributed by atoms with Crippen molar-refractivity contribution < 1.29 is 14.3 Å². The van der Waals surface area contributed by atoms with Crippen molar-refractivity contribution in [3.05, 3.63) is 28.7 Å². The van der Waals surface area contributed by atoms with E-state index in [9.17, 15) is 9.59 Å². The molecule has 128 valence electrons. The van der Waals surface area contributed by atoms with Crippen LogP contribution in [0.5, 0.6) is 5.75 Å². The van der Waals surface area contributed by atoms with Crippen LogP contribution in [-0.2, 0) is 4.79 Å². The summed E-state index contributed by atoms with van der Waals surface area (Å²) in [6.45, 7) is 3.90. The lowest BCUT2D eigenvalue weighted by molar-refractivity contribution is -0.123. The van der Waals surface area contributed by atoms with E-state index in [1.807, 2.05) is 19.1 Å². The highest BCUT2D eigenvalue weighted by molar-refractivity contribution is 9.10. The van der Waals surface area contributed by atoms with E-state index in [2.05, 4.69) is 39.0 Å². The van der Waals surface area contributed by atoms with Gasteiger partial charge in [-0.3, -0.25) is 10.2 Å². The summed E-state index contributed by atoms with van der Waals surface area (Å²) in [7, 11) is 0. The lowest BCUT2D eigenvalue weighted by atomic mass is 10.1. The van der Waals surface area contributed by atoms with Crippen molar-refractivity contribution in [1.29, 1.82) is 0 Å². The minimum atomic E-state index is -0.429. The van der Waals surface area contributed by atoms with Gasteiger partial charge in [0.2, 0.25) is 0 Å². The molecule has 3 amide bonds. The summed E-state index contributed by atoms with van der Waals surface area (Å²) in [6, 6.07) is 6.77. The smallest absolute Gasteiger partial charge is 0.333 e. The summed E-state index contributed by atoms with van der Waals surface area (Å²) >= 11 is 3.32. The number of hydrogen-bond acceptors (Lipinski definition) is 3. The first-order valence-electron chi connectivity index (χ1n) is 7.75. The summed E-state index contributed by atoms with van der Waals surface area (Å²) < 4.78 is 6.23. The van der Waals surface area contributed by atoms with Crippen molar-refractivity contribution in [2.24, 2.45) is 0 Å². The highest BCUT2D eigenvalue weighted by Crippen LogP contribution is 2.15. The Morgan fingerprint density at radius 1 is 1.17 bits per heavy atom. The van der Waals surface area contributed by atoms with E-state index in [-0.39, 0.29) is 12.6 Å². The molecular weight excluding hydrogens is 362 g/mol. The minimum Gasteiger partial charge on any atom is -0.484 e. The van der Waals surface area contributed by atoms with Gasteiger partial charge in [0, 0.05) is 10.5 Å². The second-order valence-electron chi connectivity index (χ2n) is 5.29. The molecule has 1 aromatic rings. The first-order valence-corrected chi connectivity index (χ1v) is 8.54. The third-order valence-electron chi connectivity index (χ3n) is 3.12. The van der Waals surface area contributed by atoms with Crippen LogP contribution in [0.15, 0.2) is 28.7 Å². The largest absolute Gasteiger partial charge is 0.484 e. The second-order valence-corrected chi connectivity index (χ2v) is 6.20. The number of benzene rings is 1. The van der Waals surface area contributed by atoms with Crippen molar-refractivity contribution >= 4 is 27.9 Å². The van der Waals surface area contributed by atoms with Crippen molar-refractivity contribution in [2.75, 3.05) is 6.61 Å². The quantitative estimate of drug-likeness (QED) is 0.475. The average Bonchev–Trinajstić information content (AvgIpc) is 2.52. The molecule has 1 atom stereocenters. The Balaban J connectivity index is 2.17. The molecule has 0 aliphatic heterocycles. The van der Waals surface area contributed by atoms with Crippen LogP contribution in [0.3, 0.4) is 0 Å². The van der Waals surface area contributed by atoms with Crippen LogP contribution in [0.4, 0.5) is 4.79 Å². The van der Waals surface area contributed by atoms with E-state index in [0.717, 1.165) is 30.2 Å². The molecule has 0 aliphatic carbocycles. The first kappa shape index (κ1) is 19.3. The number of nitrogens with one attached hydrogen (secondary N) is 3. The van der Waals surface area contributed by atoms with E-state index in [0.29, 0.717) is 5.75 Å². The maximum absolute atomic E-state index is 11.6. The molecule has 0 heterocycles. The Hall–Kier alpha value is -1.76. The van der Waals surface area contributed by atoms with Crippen molar-refractivity contribution in [3.8, 4) is 5.75 Å². The molecule has 0 spiro atoms. The fourth-order valence-corrected chi connectivity index (χ4v) is 2.14. The van der Waals surface area contributed by atoms with Gasteiger partial charge >= 0.3 is 6.03 Å². The molecule has 0 radical (unpaired) electrons. The standard InChI is InChI=1S/C16H24BrN3O3/c1-3-4-5-6-12(2)18-16(22)20-19-15(21)11-23-14-9-7-13(17)8-10-14/h7-10,12H,3-6,11H2,1-2H3,(H,19,21)(H2,18,20,22). The third kappa shape index (κ3) is 9.07. The summed E-state index contributed by atoms with van der Waals surface area (Å²) in [6.07, 6.45) is 4.29. The van der Waals surface area contributed by atoms with Crippen molar-refractivity contribution in [1.82, 2.24) is 16.2 Å². The Bertz CT molecular complexity index is 494. The predicted molar refractivity (Wildman–Crippen MR) is 93.1 cm³/mol. The predicted octanol–water partition coefficient (Wildman–Crippen LogP) is 3.13. The SMILES string of the molecule is CCCCCC(C)NC(=O)NNC(=O)COc1ccc(Br)cc1. The van der Waals surface area contributed by atoms with Crippen LogP contribution in [0.1, 0.15) is 39.5 Å². The molecule has 7 heteroatoms. The fourth-order valence-electron chi connectivity index (χ4n) is 1.87. The number of carbonyl (C=O) groups excluding carboxylic acids is 2. The van der Waals surface area contributed by atoms with Gasteiger partial charge in [-0.2, -0.15) is 0 Å². The molecule has 0 saturated heterocycles. The summed E-state index contributed by atoms with van der Waals surface area (Å²) in [5, 5.41) is 2.76. The number of ether oxygens (including phenoxy) is 1. The van der Waals surface area contributed by atoms with E-state index in [1.54, 1.807) is 12.1 Å². The molecular formula is C16H24BrN3O3. The number of unbranched alkanes of at least 4 members (excludes halogenated alkanes) is 2. The highest BCUT2D eigenvalue weighted by atomic mass is 79.9. The van der Waals surface area contributed by atoms with Crippen LogP contribution in [0, 0.1) is 0 Å². The van der Waals surface area contributed by atoms with Gasteiger partial charge in [-0.15, -0.1) is 0 Å². The lowest BCUT2D eigenvalue weighted by Gasteiger charge is -2.15. The van der Waals surface area contributed by atoms with Crippen LogP contribution >= 0.6 is 15.9 Å². The van der Waals surface area contributed by atoms with E-state index < -0.39 is 11.9 Å². The van der Waals surface area contributed by atoms with Gasteiger partial charge < -0.3 is 10.1 Å². The molecule has 0 saturated carbocycles. The zero-order chi connectivity index (χ0) is 17.1. The van der Waals surface area contributed by atoms with Gasteiger partial charge in [0.1, 0.15) is 5.75 Å². The molecule has 1 aromatic carbocycles. The number of hydrazine groups is 1. The number of urea groups is 1. The van der Waals surface area contributed by atoms with Gasteiger partial charge in [0.25, 0.3) is 5.91 Å². The topological polar surface area (TPSA) is 79.5 Å². The molecule has 23 heavy (non-hydrogen) atoms. The van der Waals surface area contributed by atoms with Gasteiger partial charge in [0.15, 0.2) is 6.61 Å². The van der Waals surface area contributed by atoms with E-state index in [1.165, 1.54) is 0 Å². The zero-order valence-electron chi connectivity index (χ0n) is 13.5. The summed E-state index contributed by atoms with van der Waals surface area (Å²) in [5.74, 6) is 0.152. The number of hydrogen-bond donors (Lipinski definition) is 3. The molecule has 6 nitrogen and oxygen atoms in total. The Morgan fingerprint density at radius 2 is 1.87 bits per heavy atom. The third-order valence-corrected chi connectivity index (χ3v) is 3.65. The Kier molecular flexibility index (Phi) is 9.12. The van der Waals surface area contributed by atoms with Crippen LogP contribution in [0.2, 0.25) is 0 Å².